The van der Waals surface area contributed by atoms with Crippen molar-refractivity contribution in [1.29, 1.82) is 0 Å². The van der Waals surface area contributed by atoms with Gasteiger partial charge in [-0.15, -0.1) is 0 Å². The zero-order valence-electron chi connectivity index (χ0n) is 14.9. The van der Waals surface area contributed by atoms with Crippen LogP contribution in [0.2, 0.25) is 0 Å². The van der Waals surface area contributed by atoms with Gasteiger partial charge in [0.15, 0.2) is 6.61 Å². The van der Waals surface area contributed by atoms with Gasteiger partial charge in [0.05, 0.1) is 12.2 Å². The van der Waals surface area contributed by atoms with Gasteiger partial charge in [0, 0.05) is 0 Å². The summed E-state index contributed by atoms with van der Waals surface area (Å²) in [6.07, 6.45) is 1.41. The number of aromatic carboxylic acids is 1. The second kappa shape index (κ2) is 9.14. The second-order valence-corrected chi connectivity index (χ2v) is 5.88. The van der Waals surface area contributed by atoms with E-state index in [9.17, 15) is 14.7 Å². The number of benzene rings is 3. The summed E-state index contributed by atoms with van der Waals surface area (Å²) >= 11 is 0. The molecule has 0 heterocycles. The molecule has 6 heteroatoms. The third kappa shape index (κ3) is 5.28. The van der Waals surface area contributed by atoms with Crippen LogP contribution in [0.15, 0.2) is 84.0 Å². The van der Waals surface area contributed by atoms with Gasteiger partial charge in [0.2, 0.25) is 0 Å². The minimum atomic E-state index is -1.24. The molecular formula is C22H17N2O4-. The Morgan fingerprint density at radius 3 is 2.18 bits per heavy atom. The van der Waals surface area contributed by atoms with Gasteiger partial charge < -0.3 is 14.6 Å². The summed E-state index contributed by atoms with van der Waals surface area (Å²) in [6, 6.07) is 23.3. The van der Waals surface area contributed by atoms with Crippen molar-refractivity contribution in [3.8, 4) is 16.9 Å². The van der Waals surface area contributed by atoms with Crippen molar-refractivity contribution in [2.45, 2.75) is 0 Å². The van der Waals surface area contributed by atoms with Crippen LogP contribution in [0.3, 0.4) is 0 Å². The number of rotatable bonds is 7. The molecule has 0 unspecified atom stereocenters. The Labute approximate surface area is 162 Å². The topological polar surface area (TPSA) is 90.8 Å². The van der Waals surface area contributed by atoms with E-state index in [2.05, 4.69) is 10.5 Å². The van der Waals surface area contributed by atoms with E-state index in [1.165, 1.54) is 18.3 Å². The average Bonchev–Trinajstić information content (AvgIpc) is 2.73. The van der Waals surface area contributed by atoms with Gasteiger partial charge in [0.1, 0.15) is 5.75 Å². The van der Waals surface area contributed by atoms with Gasteiger partial charge in [-0.05, 0) is 34.4 Å². The molecule has 0 fully saturated rings. The van der Waals surface area contributed by atoms with Gasteiger partial charge in [-0.2, -0.15) is 5.10 Å². The Morgan fingerprint density at radius 1 is 0.893 bits per heavy atom. The molecule has 0 spiro atoms. The average molecular weight is 373 g/mol. The monoisotopic (exact) mass is 373 g/mol. The van der Waals surface area contributed by atoms with E-state index in [0.29, 0.717) is 11.3 Å². The van der Waals surface area contributed by atoms with Crippen LogP contribution in [-0.4, -0.2) is 24.7 Å². The van der Waals surface area contributed by atoms with Crippen LogP contribution in [0, 0.1) is 0 Å². The minimum absolute atomic E-state index is 0.0767. The quantitative estimate of drug-likeness (QED) is 0.508. The maximum Gasteiger partial charge on any atom is 0.277 e. The second-order valence-electron chi connectivity index (χ2n) is 5.88. The van der Waals surface area contributed by atoms with Crippen molar-refractivity contribution < 1.29 is 19.4 Å². The van der Waals surface area contributed by atoms with Crippen molar-refractivity contribution in [3.63, 3.8) is 0 Å². The molecule has 0 saturated carbocycles. The van der Waals surface area contributed by atoms with E-state index in [0.717, 1.165) is 11.1 Å². The number of amides is 1. The lowest BCUT2D eigenvalue weighted by molar-refractivity contribution is -0.255. The zero-order valence-corrected chi connectivity index (χ0v) is 14.9. The van der Waals surface area contributed by atoms with Gasteiger partial charge in [-0.1, -0.05) is 66.7 Å². The Morgan fingerprint density at radius 2 is 1.54 bits per heavy atom. The van der Waals surface area contributed by atoms with Crippen LogP contribution in [0.25, 0.3) is 11.1 Å². The highest BCUT2D eigenvalue weighted by Gasteiger charge is 2.02. The first kappa shape index (κ1) is 18.8. The number of hydrogen-bond acceptors (Lipinski definition) is 5. The normalized spacial score (nSPS) is 10.6. The summed E-state index contributed by atoms with van der Waals surface area (Å²) in [5.74, 6) is -1.07. The molecule has 0 aliphatic carbocycles. The fourth-order valence-corrected chi connectivity index (χ4v) is 2.44. The van der Waals surface area contributed by atoms with Gasteiger partial charge in [-0.25, -0.2) is 5.43 Å². The van der Waals surface area contributed by atoms with Crippen LogP contribution < -0.4 is 15.3 Å². The van der Waals surface area contributed by atoms with E-state index < -0.39 is 11.9 Å². The maximum atomic E-state index is 11.8. The molecular weight excluding hydrogens is 356 g/mol. The molecule has 3 rings (SSSR count). The molecule has 0 bridgehead atoms. The molecule has 1 N–H and O–H groups in total. The number of carboxylic acids is 1. The molecule has 0 saturated heterocycles. The zero-order chi connectivity index (χ0) is 19.8. The van der Waals surface area contributed by atoms with Crippen LogP contribution in [-0.2, 0) is 4.79 Å². The van der Waals surface area contributed by atoms with E-state index in [-0.39, 0.29) is 12.2 Å². The summed E-state index contributed by atoms with van der Waals surface area (Å²) in [4.78, 5) is 22.5. The molecule has 28 heavy (non-hydrogen) atoms. The highest BCUT2D eigenvalue weighted by atomic mass is 16.5. The van der Waals surface area contributed by atoms with E-state index in [4.69, 9.17) is 4.74 Å². The van der Waals surface area contributed by atoms with Crippen LogP contribution >= 0.6 is 0 Å². The van der Waals surface area contributed by atoms with Crippen molar-refractivity contribution in [2.75, 3.05) is 6.61 Å². The van der Waals surface area contributed by atoms with Crippen molar-refractivity contribution in [1.82, 2.24) is 5.43 Å². The van der Waals surface area contributed by atoms with E-state index in [1.54, 1.807) is 24.3 Å². The van der Waals surface area contributed by atoms with Crippen LogP contribution in [0.5, 0.6) is 5.75 Å². The van der Waals surface area contributed by atoms with Crippen LogP contribution in [0.4, 0.5) is 0 Å². The number of carbonyl (C=O) groups is 2. The fourth-order valence-electron chi connectivity index (χ4n) is 2.44. The lowest BCUT2D eigenvalue weighted by atomic mass is 10.1. The summed E-state index contributed by atoms with van der Waals surface area (Å²) in [6.45, 7) is -0.175. The predicted molar refractivity (Wildman–Crippen MR) is 104 cm³/mol. The summed E-state index contributed by atoms with van der Waals surface area (Å²) in [5, 5.41) is 14.5. The number of carbonyl (C=O) groups excluding carboxylic acids is 2. The third-order valence-electron chi connectivity index (χ3n) is 3.88. The lowest BCUT2D eigenvalue weighted by Gasteiger charge is -2.06. The molecule has 0 aliphatic heterocycles. The van der Waals surface area contributed by atoms with E-state index >= 15 is 0 Å². The molecule has 0 aliphatic rings. The van der Waals surface area contributed by atoms with Crippen molar-refractivity contribution in [2.24, 2.45) is 5.10 Å². The minimum Gasteiger partial charge on any atom is -0.545 e. The molecule has 0 radical (unpaired) electrons. The molecule has 1 amide bonds. The summed E-state index contributed by atoms with van der Waals surface area (Å²) in [5.41, 5.74) is 5.24. The Hall–Kier alpha value is -3.93. The first-order valence-electron chi connectivity index (χ1n) is 8.53. The molecule has 0 aromatic heterocycles. The Bertz CT molecular complexity index is 966. The predicted octanol–water partition coefficient (Wildman–Crippen LogP) is 2.25. The third-order valence-corrected chi connectivity index (χ3v) is 3.88. The molecule has 0 atom stereocenters. The van der Waals surface area contributed by atoms with Crippen LogP contribution in [0.1, 0.15) is 15.9 Å². The lowest BCUT2D eigenvalue weighted by Crippen LogP contribution is -2.24. The molecule has 6 nitrogen and oxygen atoms in total. The summed E-state index contributed by atoms with van der Waals surface area (Å²) < 4.78 is 5.45. The number of hydrazone groups is 1. The number of ether oxygens (including phenoxy) is 1. The van der Waals surface area contributed by atoms with Crippen molar-refractivity contribution >= 4 is 18.1 Å². The Kier molecular flexibility index (Phi) is 6.15. The standard InChI is InChI=1S/C22H18N2O4/c25-21(24-23-14-16-6-8-19(9-7-16)22(26)27)15-28-20-12-10-18(11-13-20)17-4-2-1-3-5-17/h1-14H,15H2,(H,24,25)(H,26,27)/p-1/b23-14-. The smallest absolute Gasteiger partial charge is 0.277 e. The SMILES string of the molecule is O=C(COc1ccc(-c2ccccc2)cc1)N/N=C\c1ccc(C(=O)[O-])cc1. The van der Waals surface area contributed by atoms with Gasteiger partial charge in [-0.3, -0.25) is 4.79 Å². The highest BCUT2D eigenvalue weighted by Crippen LogP contribution is 2.21. The number of hydrogen-bond donors (Lipinski definition) is 1. The largest absolute Gasteiger partial charge is 0.545 e. The van der Waals surface area contributed by atoms with Gasteiger partial charge >= 0.3 is 0 Å². The fraction of sp³-hybridized carbons (Fsp3) is 0.0455. The maximum absolute atomic E-state index is 11.8. The summed E-state index contributed by atoms with van der Waals surface area (Å²) in [7, 11) is 0. The highest BCUT2D eigenvalue weighted by molar-refractivity contribution is 5.88. The first-order chi connectivity index (χ1) is 13.6. The molecule has 3 aromatic carbocycles. The number of nitrogens with zero attached hydrogens (tertiary/aromatic N) is 1. The Balaban J connectivity index is 1.47. The number of nitrogens with one attached hydrogen (secondary N) is 1. The van der Waals surface area contributed by atoms with E-state index in [1.807, 2.05) is 42.5 Å². The first-order valence-corrected chi connectivity index (χ1v) is 8.53. The van der Waals surface area contributed by atoms with Gasteiger partial charge in [0.25, 0.3) is 5.91 Å². The van der Waals surface area contributed by atoms with Crippen molar-refractivity contribution in [3.05, 3.63) is 90.0 Å². The molecule has 140 valence electrons. The number of carboxylic acid groups (broad SMARTS) is 1. The molecule has 3 aromatic rings.